The number of rotatable bonds is 4. The molecule has 0 spiro atoms. The maximum Gasteiger partial charge on any atom is 0.250 e. The van der Waals surface area contributed by atoms with Crippen molar-refractivity contribution in [2.75, 3.05) is 0 Å². The Morgan fingerprint density at radius 2 is 1.85 bits per heavy atom. The minimum absolute atomic E-state index is 0.104. The topological polar surface area (TPSA) is 46.2 Å². The molecule has 2 aromatic rings. The van der Waals surface area contributed by atoms with Crippen LogP contribution in [0.5, 0.6) is 0 Å². The normalized spacial score (nSPS) is 12.6. The SMILES string of the molecule is CC(C)(NS(=O)(=O)c1ccc(Cl)s1)c1ccccc1F. The van der Waals surface area contributed by atoms with Crippen LogP contribution in [0.1, 0.15) is 19.4 Å². The summed E-state index contributed by atoms with van der Waals surface area (Å²) in [7, 11) is -3.74. The number of halogens is 2. The first-order chi connectivity index (χ1) is 9.22. The van der Waals surface area contributed by atoms with Gasteiger partial charge in [0.2, 0.25) is 0 Å². The maximum atomic E-state index is 13.8. The second-order valence-electron chi connectivity index (χ2n) is 4.77. The van der Waals surface area contributed by atoms with Crippen molar-refractivity contribution in [3.63, 3.8) is 0 Å². The molecule has 0 atom stereocenters. The lowest BCUT2D eigenvalue weighted by molar-refractivity contribution is 0.447. The molecule has 1 N–H and O–H groups in total. The molecule has 2 rings (SSSR count). The molecule has 0 aliphatic rings. The highest BCUT2D eigenvalue weighted by Crippen LogP contribution is 2.29. The monoisotopic (exact) mass is 333 g/mol. The van der Waals surface area contributed by atoms with E-state index in [-0.39, 0.29) is 9.77 Å². The Morgan fingerprint density at radius 1 is 1.20 bits per heavy atom. The third-order valence-corrected chi connectivity index (χ3v) is 6.13. The zero-order valence-corrected chi connectivity index (χ0v) is 13.2. The predicted molar refractivity (Wildman–Crippen MR) is 79.1 cm³/mol. The third-order valence-electron chi connectivity index (χ3n) is 2.75. The van der Waals surface area contributed by atoms with Gasteiger partial charge in [-0.15, -0.1) is 11.3 Å². The molecule has 1 heterocycles. The summed E-state index contributed by atoms with van der Waals surface area (Å²) in [5.41, 5.74) is -0.785. The van der Waals surface area contributed by atoms with E-state index in [9.17, 15) is 12.8 Å². The van der Waals surface area contributed by atoms with Crippen LogP contribution >= 0.6 is 22.9 Å². The molecule has 0 saturated heterocycles. The van der Waals surface area contributed by atoms with Crippen molar-refractivity contribution in [3.8, 4) is 0 Å². The van der Waals surface area contributed by atoms with Gasteiger partial charge in [0.05, 0.1) is 9.88 Å². The highest BCUT2D eigenvalue weighted by Gasteiger charge is 2.30. The first kappa shape index (κ1) is 15.4. The van der Waals surface area contributed by atoms with Gasteiger partial charge >= 0.3 is 0 Å². The van der Waals surface area contributed by atoms with Crippen molar-refractivity contribution in [2.45, 2.75) is 23.6 Å². The second kappa shape index (κ2) is 5.44. The Balaban J connectivity index is 2.35. The molecule has 0 aliphatic heterocycles. The highest BCUT2D eigenvalue weighted by atomic mass is 35.5. The van der Waals surface area contributed by atoms with Gasteiger partial charge in [-0.05, 0) is 32.0 Å². The molecule has 0 aliphatic carbocycles. The molecule has 3 nitrogen and oxygen atoms in total. The molecule has 0 bridgehead atoms. The highest BCUT2D eigenvalue weighted by molar-refractivity contribution is 7.91. The fourth-order valence-electron chi connectivity index (χ4n) is 1.85. The van der Waals surface area contributed by atoms with Crippen molar-refractivity contribution in [2.24, 2.45) is 0 Å². The van der Waals surface area contributed by atoms with E-state index in [0.717, 1.165) is 11.3 Å². The van der Waals surface area contributed by atoms with Gasteiger partial charge in [-0.3, -0.25) is 0 Å². The molecular formula is C13H13ClFNO2S2. The average molecular weight is 334 g/mol. The summed E-state index contributed by atoms with van der Waals surface area (Å²) in [5, 5.41) is 0. The Kier molecular flexibility index (Phi) is 4.20. The van der Waals surface area contributed by atoms with Crippen LogP contribution in [0.15, 0.2) is 40.6 Å². The van der Waals surface area contributed by atoms with Crippen molar-refractivity contribution < 1.29 is 12.8 Å². The van der Waals surface area contributed by atoms with Gasteiger partial charge < -0.3 is 0 Å². The van der Waals surface area contributed by atoms with Gasteiger partial charge in [-0.1, -0.05) is 29.8 Å². The molecule has 0 saturated carbocycles. The molecule has 0 radical (unpaired) electrons. The number of hydrogen-bond acceptors (Lipinski definition) is 3. The number of nitrogens with one attached hydrogen (secondary N) is 1. The lowest BCUT2D eigenvalue weighted by Crippen LogP contribution is -2.41. The van der Waals surface area contributed by atoms with Crippen LogP contribution in [0.25, 0.3) is 0 Å². The molecular weight excluding hydrogens is 321 g/mol. The van der Waals surface area contributed by atoms with Crippen molar-refractivity contribution in [1.29, 1.82) is 0 Å². The van der Waals surface area contributed by atoms with E-state index in [1.54, 1.807) is 32.0 Å². The summed E-state index contributed by atoms with van der Waals surface area (Å²) in [5.74, 6) is -0.454. The van der Waals surface area contributed by atoms with Crippen LogP contribution in [0.3, 0.4) is 0 Å². The zero-order valence-electron chi connectivity index (χ0n) is 10.9. The summed E-state index contributed by atoms with van der Waals surface area (Å²) >= 11 is 6.70. The van der Waals surface area contributed by atoms with Gasteiger partial charge in [0, 0.05) is 5.56 Å². The lowest BCUT2D eigenvalue weighted by atomic mass is 9.95. The van der Waals surface area contributed by atoms with Gasteiger partial charge in [0.15, 0.2) is 0 Å². The van der Waals surface area contributed by atoms with Crippen LogP contribution in [0, 0.1) is 5.82 Å². The van der Waals surface area contributed by atoms with Gasteiger partial charge in [0.1, 0.15) is 10.0 Å². The molecule has 7 heteroatoms. The Bertz CT molecular complexity index is 725. The van der Waals surface area contributed by atoms with Gasteiger partial charge in [-0.25, -0.2) is 17.5 Å². The summed E-state index contributed by atoms with van der Waals surface area (Å²) in [4.78, 5) is 0. The first-order valence-corrected chi connectivity index (χ1v) is 8.44. The molecule has 0 unspecified atom stereocenters. The summed E-state index contributed by atoms with van der Waals surface area (Å²) in [6, 6.07) is 9.01. The predicted octanol–water partition coefficient (Wildman–Crippen LogP) is 3.75. The van der Waals surface area contributed by atoms with Crippen LogP contribution in [-0.2, 0) is 15.6 Å². The summed E-state index contributed by atoms with van der Waals surface area (Å²) in [6.45, 7) is 3.22. The minimum Gasteiger partial charge on any atom is -0.207 e. The molecule has 0 amide bonds. The minimum atomic E-state index is -3.74. The summed E-state index contributed by atoms with van der Waals surface area (Å²) in [6.07, 6.45) is 0. The number of hydrogen-bond donors (Lipinski definition) is 1. The largest absolute Gasteiger partial charge is 0.250 e. The fourth-order valence-corrected chi connectivity index (χ4v) is 4.73. The summed E-state index contributed by atoms with van der Waals surface area (Å²) < 4.78 is 41.3. The van der Waals surface area contributed by atoms with Crippen LogP contribution < -0.4 is 4.72 Å². The number of thiophene rings is 1. The molecule has 0 fully saturated rings. The molecule has 1 aromatic heterocycles. The van der Waals surface area contributed by atoms with Gasteiger partial charge in [0.25, 0.3) is 10.0 Å². The average Bonchev–Trinajstić information content (AvgIpc) is 2.75. The second-order valence-corrected chi connectivity index (χ2v) is 8.39. The standard InChI is InChI=1S/C13H13ClFNO2S2/c1-13(2,9-5-3-4-6-10(9)15)16-20(17,18)12-8-7-11(14)19-12/h3-8,16H,1-2H3. The smallest absolute Gasteiger partial charge is 0.207 e. The van der Waals surface area contributed by atoms with E-state index >= 15 is 0 Å². The lowest BCUT2D eigenvalue weighted by Gasteiger charge is -2.26. The van der Waals surface area contributed by atoms with Crippen molar-refractivity contribution >= 4 is 33.0 Å². The Hall–Kier alpha value is -0.950. The Morgan fingerprint density at radius 3 is 2.40 bits per heavy atom. The van der Waals surface area contributed by atoms with Crippen LogP contribution in [0.2, 0.25) is 4.34 Å². The van der Waals surface area contributed by atoms with E-state index < -0.39 is 21.4 Å². The molecule has 108 valence electrons. The van der Waals surface area contributed by atoms with E-state index in [1.165, 1.54) is 18.2 Å². The maximum absolute atomic E-state index is 13.8. The van der Waals surface area contributed by atoms with E-state index in [4.69, 9.17) is 11.6 Å². The van der Waals surface area contributed by atoms with E-state index in [2.05, 4.69) is 4.72 Å². The van der Waals surface area contributed by atoms with Crippen LogP contribution in [0.4, 0.5) is 4.39 Å². The number of sulfonamides is 1. The Labute approximate surface area is 126 Å². The fraction of sp³-hybridized carbons (Fsp3) is 0.231. The van der Waals surface area contributed by atoms with Gasteiger partial charge in [-0.2, -0.15) is 0 Å². The number of benzene rings is 1. The van der Waals surface area contributed by atoms with E-state index in [1.807, 2.05) is 0 Å². The molecule has 1 aromatic carbocycles. The zero-order chi connectivity index (χ0) is 15.0. The van der Waals surface area contributed by atoms with Crippen molar-refractivity contribution in [1.82, 2.24) is 4.72 Å². The molecule has 20 heavy (non-hydrogen) atoms. The third kappa shape index (κ3) is 3.20. The van der Waals surface area contributed by atoms with Crippen LogP contribution in [-0.4, -0.2) is 8.42 Å². The quantitative estimate of drug-likeness (QED) is 0.926. The van der Waals surface area contributed by atoms with E-state index in [0.29, 0.717) is 4.34 Å². The first-order valence-electron chi connectivity index (χ1n) is 5.77. The van der Waals surface area contributed by atoms with Crippen molar-refractivity contribution in [3.05, 3.63) is 52.1 Å².